The average Bonchev–Trinajstić information content (AvgIpc) is 2.74. The maximum atomic E-state index is 12.7. The summed E-state index contributed by atoms with van der Waals surface area (Å²) in [4.78, 5) is 12.9. The number of nitrogens with one attached hydrogen (secondary N) is 2. The Labute approximate surface area is 186 Å². The number of hydrogen-bond acceptors (Lipinski definition) is 3. The summed E-state index contributed by atoms with van der Waals surface area (Å²) < 4.78 is 28.1. The monoisotopic (exact) mass is 442 g/mol. The molecule has 168 valence electrons. The minimum Gasteiger partial charge on any atom is -0.326 e. The zero-order valence-electron chi connectivity index (χ0n) is 18.7. The number of carbonyl (C=O) groups excluding carboxylic acids is 1. The summed E-state index contributed by atoms with van der Waals surface area (Å²) in [7, 11) is -3.54. The number of amides is 1. The Morgan fingerprint density at radius 2 is 1.55 bits per heavy atom. The van der Waals surface area contributed by atoms with Gasteiger partial charge < -0.3 is 5.32 Å². The smallest absolute Gasteiger partial charge is 0.240 e. The number of carbonyl (C=O) groups is 1. The molecular formula is C25H34N2O3S. The molecule has 2 N–H and O–H groups in total. The van der Waals surface area contributed by atoms with Crippen molar-refractivity contribution in [3.63, 3.8) is 0 Å². The molecule has 1 aliphatic rings. The van der Waals surface area contributed by atoms with Crippen molar-refractivity contribution in [2.75, 3.05) is 5.32 Å². The zero-order valence-corrected chi connectivity index (χ0v) is 19.5. The van der Waals surface area contributed by atoms with Gasteiger partial charge in [-0.1, -0.05) is 57.4 Å². The summed E-state index contributed by atoms with van der Waals surface area (Å²) in [6.07, 6.45) is 6.11. The predicted octanol–water partition coefficient (Wildman–Crippen LogP) is 5.24. The van der Waals surface area contributed by atoms with Gasteiger partial charge in [0, 0.05) is 11.7 Å². The van der Waals surface area contributed by atoms with E-state index in [1.807, 2.05) is 19.1 Å². The highest BCUT2D eigenvalue weighted by atomic mass is 32.2. The van der Waals surface area contributed by atoms with E-state index in [0.29, 0.717) is 11.6 Å². The maximum Gasteiger partial charge on any atom is 0.240 e. The zero-order chi connectivity index (χ0) is 22.4. The second-order valence-corrected chi connectivity index (χ2v) is 10.7. The Balaban J connectivity index is 1.60. The Kier molecular flexibility index (Phi) is 7.89. The fraction of sp³-hybridized carbons (Fsp3) is 0.480. The third kappa shape index (κ3) is 6.65. The second kappa shape index (κ2) is 10.4. The predicted molar refractivity (Wildman–Crippen MR) is 126 cm³/mol. The Hall–Kier alpha value is -2.18. The highest BCUT2D eigenvalue weighted by Gasteiger charge is 2.22. The van der Waals surface area contributed by atoms with E-state index in [1.54, 1.807) is 24.3 Å². The van der Waals surface area contributed by atoms with Gasteiger partial charge in [0.25, 0.3) is 0 Å². The normalized spacial score (nSPS) is 16.3. The number of rotatable bonds is 8. The third-order valence-electron chi connectivity index (χ3n) is 5.88. The van der Waals surface area contributed by atoms with Crippen molar-refractivity contribution in [1.29, 1.82) is 0 Å². The Morgan fingerprint density at radius 3 is 2.13 bits per heavy atom. The summed E-state index contributed by atoms with van der Waals surface area (Å²) in [5.74, 6) is 0.174. The topological polar surface area (TPSA) is 75.3 Å². The lowest BCUT2D eigenvalue weighted by atomic mass is 9.96. The molecule has 0 radical (unpaired) electrons. The van der Waals surface area contributed by atoms with Crippen LogP contribution in [-0.2, 0) is 21.2 Å². The van der Waals surface area contributed by atoms with Crippen molar-refractivity contribution in [2.45, 2.75) is 76.2 Å². The summed E-state index contributed by atoms with van der Waals surface area (Å²) >= 11 is 0. The van der Waals surface area contributed by atoms with Crippen LogP contribution in [0.1, 0.15) is 69.9 Å². The molecule has 0 saturated heterocycles. The Morgan fingerprint density at radius 1 is 0.935 bits per heavy atom. The molecule has 6 heteroatoms. The lowest BCUT2D eigenvalue weighted by Gasteiger charge is -2.22. The van der Waals surface area contributed by atoms with E-state index in [9.17, 15) is 13.2 Å². The van der Waals surface area contributed by atoms with Crippen LogP contribution >= 0.6 is 0 Å². The first-order chi connectivity index (χ1) is 14.7. The lowest BCUT2D eigenvalue weighted by molar-refractivity contribution is -0.117. The molecule has 3 rings (SSSR count). The van der Waals surface area contributed by atoms with Crippen LogP contribution in [0.15, 0.2) is 53.4 Å². The molecule has 2 aromatic rings. The first-order valence-corrected chi connectivity index (χ1v) is 12.7. The van der Waals surface area contributed by atoms with Crippen LogP contribution in [0.2, 0.25) is 0 Å². The molecule has 31 heavy (non-hydrogen) atoms. The average molecular weight is 443 g/mol. The lowest BCUT2D eigenvalue weighted by Crippen LogP contribution is -2.36. The summed E-state index contributed by atoms with van der Waals surface area (Å²) in [6.45, 7) is 6.25. The number of sulfonamides is 1. The molecule has 1 unspecified atom stereocenters. The first kappa shape index (κ1) is 23.5. The van der Waals surface area contributed by atoms with E-state index < -0.39 is 10.0 Å². The van der Waals surface area contributed by atoms with E-state index in [0.717, 1.165) is 37.7 Å². The van der Waals surface area contributed by atoms with Crippen LogP contribution in [0.3, 0.4) is 0 Å². The molecule has 5 nitrogen and oxygen atoms in total. The van der Waals surface area contributed by atoms with Gasteiger partial charge in [0.1, 0.15) is 0 Å². The van der Waals surface area contributed by atoms with Gasteiger partial charge in [0.2, 0.25) is 15.9 Å². The molecule has 1 fully saturated rings. The van der Waals surface area contributed by atoms with Crippen LogP contribution in [0.4, 0.5) is 5.69 Å². The molecule has 1 atom stereocenters. The second-order valence-electron chi connectivity index (χ2n) is 9.03. The molecule has 0 heterocycles. The number of anilines is 1. The highest BCUT2D eigenvalue weighted by molar-refractivity contribution is 7.89. The van der Waals surface area contributed by atoms with Crippen LogP contribution in [0, 0.1) is 5.92 Å². The molecule has 0 aromatic heterocycles. The first-order valence-electron chi connectivity index (χ1n) is 11.3. The van der Waals surface area contributed by atoms with Gasteiger partial charge in [-0.3, -0.25) is 4.79 Å². The van der Waals surface area contributed by atoms with E-state index in [4.69, 9.17) is 0 Å². The third-order valence-corrected chi connectivity index (χ3v) is 7.41. The van der Waals surface area contributed by atoms with Crippen molar-refractivity contribution in [3.8, 4) is 0 Å². The Bertz CT molecular complexity index is 961. The summed E-state index contributed by atoms with van der Waals surface area (Å²) in [5, 5.41) is 2.89. The van der Waals surface area contributed by atoms with Gasteiger partial charge >= 0.3 is 0 Å². The van der Waals surface area contributed by atoms with E-state index in [2.05, 4.69) is 36.0 Å². The minimum atomic E-state index is -3.54. The number of benzene rings is 2. The van der Waals surface area contributed by atoms with Gasteiger partial charge in [-0.05, 0) is 67.5 Å². The van der Waals surface area contributed by atoms with Crippen LogP contribution in [0.5, 0.6) is 0 Å². The SMILES string of the molecule is CC(C)Cc1ccc(C(C)C(=O)Nc2ccc(S(=O)(=O)NC3CCCCC3)cc2)cc1. The van der Waals surface area contributed by atoms with Gasteiger partial charge in [-0.2, -0.15) is 0 Å². The highest BCUT2D eigenvalue weighted by Crippen LogP contribution is 2.22. The van der Waals surface area contributed by atoms with Crippen LogP contribution in [0.25, 0.3) is 0 Å². The maximum absolute atomic E-state index is 12.7. The molecule has 2 aromatic carbocycles. The summed E-state index contributed by atoms with van der Waals surface area (Å²) in [6, 6.07) is 14.6. The van der Waals surface area contributed by atoms with Gasteiger partial charge in [-0.25, -0.2) is 13.1 Å². The van der Waals surface area contributed by atoms with Crippen molar-refractivity contribution < 1.29 is 13.2 Å². The fourth-order valence-electron chi connectivity index (χ4n) is 4.04. The molecular weight excluding hydrogens is 408 g/mol. The van der Waals surface area contributed by atoms with Crippen LogP contribution in [-0.4, -0.2) is 20.4 Å². The van der Waals surface area contributed by atoms with Gasteiger partial charge in [0.15, 0.2) is 0 Å². The van der Waals surface area contributed by atoms with E-state index in [1.165, 1.54) is 12.0 Å². The largest absolute Gasteiger partial charge is 0.326 e. The number of hydrogen-bond donors (Lipinski definition) is 2. The van der Waals surface area contributed by atoms with E-state index >= 15 is 0 Å². The quantitative estimate of drug-likeness (QED) is 0.587. The van der Waals surface area contributed by atoms with E-state index in [-0.39, 0.29) is 22.8 Å². The van der Waals surface area contributed by atoms with Crippen molar-refractivity contribution >= 4 is 21.6 Å². The molecule has 1 saturated carbocycles. The minimum absolute atomic E-state index is 0.0194. The standard InChI is InChI=1S/C25H34N2O3S/c1-18(2)17-20-9-11-21(12-10-20)19(3)25(28)26-22-13-15-24(16-14-22)31(29,30)27-23-7-5-4-6-8-23/h9-16,18-19,23,27H,4-8,17H2,1-3H3,(H,26,28). The van der Waals surface area contributed by atoms with Crippen molar-refractivity contribution in [3.05, 3.63) is 59.7 Å². The van der Waals surface area contributed by atoms with Crippen LogP contribution < -0.4 is 10.0 Å². The molecule has 0 aliphatic heterocycles. The molecule has 1 aliphatic carbocycles. The summed E-state index contributed by atoms with van der Waals surface area (Å²) in [5.41, 5.74) is 2.82. The molecule has 0 spiro atoms. The molecule has 0 bridgehead atoms. The molecule has 1 amide bonds. The van der Waals surface area contributed by atoms with Crippen molar-refractivity contribution in [2.24, 2.45) is 5.92 Å². The fourth-order valence-corrected chi connectivity index (χ4v) is 5.35. The van der Waals surface area contributed by atoms with Gasteiger partial charge in [0.05, 0.1) is 10.8 Å². The van der Waals surface area contributed by atoms with Gasteiger partial charge in [-0.15, -0.1) is 0 Å². The van der Waals surface area contributed by atoms with Crippen molar-refractivity contribution in [1.82, 2.24) is 4.72 Å².